The molecule has 5 nitrogen and oxygen atoms in total. The number of morpholine rings is 1. The van der Waals surface area contributed by atoms with Crippen LogP contribution in [0.2, 0.25) is 0 Å². The van der Waals surface area contributed by atoms with Gasteiger partial charge in [0.2, 0.25) is 0 Å². The summed E-state index contributed by atoms with van der Waals surface area (Å²) in [7, 11) is 0. The first kappa shape index (κ1) is 20.4. The molecule has 2 aromatic rings. The molecule has 1 aliphatic heterocycles. The summed E-state index contributed by atoms with van der Waals surface area (Å²) in [6.45, 7) is 2.88. The number of hydrogen-bond acceptors (Lipinski definition) is 4. The van der Waals surface area contributed by atoms with Gasteiger partial charge in [-0.25, -0.2) is 0 Å². The minimum absolute atomic E-state index is 0.120. The molecule has 0 saturated carbocycles. The lowest BCUT2D eigenvalue weighted by atomic mass is 10.1. The Labute approximate surface area is 166 Å². The molecular weight excluding hydrogens is 383 g/mol. The predicted molar refractivity (Wildman–Crippen MR) is 103 cm³/mol. The van der Waals surface area contributed by atoms with Crippen molar-refractivity contribution in [3.05, 3.63) is 65.2 Å². The summed E-state index contributed by atoms with van der Waals surface area (Å²) in [5.74, 6) is -0.691. The van der Waals surface area contributed by atoms with E-state index >= 15 is 0 Å². The highest BCUT2D eigenvalue weighted by Gasteiger charge is 2.30. The van der Waals surface area contributed by atoms with E-state index in [1.165, 1.54) is 12.1 Å². The zero-order valence-corrected chi connectivity index (χ0v) is 15.4. The van der Waals surface area contributed by atoms with Gasteiger partial charge in [-0.1, -0.05) is 12.1 Å². The second-order valence-electron chi connectivity index (χ2n) is 6.39. The second kappa shape index (κ2) is 8.80. The fourth-order valence-corrected chi connectivity index (χ4v) is 2.90. The van der Waals surface area contributed by atoms with E-state index < -0.39 is 17.6 Å². The molecule has 0 aliphatic carbocycles. The van der Waals surface area contributed by atoms with E-state index in [1.807, 2.05) is 12.1 Å². The molecule has 1 aliphatic rings. The molecule has 3 rings (SSSR count). The van der Waals surface area contributed by atoms with Gasteiger partial charge in [-0.2, -0.15) is 18.4 Å². The van der Waals surface area contributed by atoms with E-state index in [0.717, 1.165) is 37.0 Å². The maximum Gasteiger partial charge on any atom is 0.416 e. The van der Waals surface area contributed by atoms with E-state index in [0.29, 0.717) is 18.9 Å². The Morgan fingerprint density at radius 2 is 1.83 bits per heavy atom. The number of nitrogens with zero attached hydrogens (tertiary/aromatic N) is 2. The molecule has 1 saturated heterocycles. The van der Waals surface area contributed by atoms with Crippen molar-refractivity contribution in [1.82, 2.24) is 0 Å². The van der Waals surface area contributed by atoms with Gasteiger partial charge >= 0.3 is 6.18 Å². The summed E-state index contributed by atoms with van der Waals surface area (Å²) in [6.07, 6.45) is -3.37. The number of nitrogens with one attached hydrogen (secondary N) is 1. The van der Waals surface area contributed by atoms with Crippen LogP contribution in [0.1, 0.15) is 11.1 Å². The number of carbonyl (C=O) groups excluding carboxylic acids is 1. The van der Waals surface area contributed by atoms with Gasteiger partial charge in [-0.15, -0.1) is 0 Å². The van der Waals surface area contributed by atoms with E-state index in [4.69, 9.17) is 4.74 Å². The van der Waals surface area contributed by atoms with Gasteiger partial charge in [-0.05, 0) is 48.0 Å². The number of ether oxygens (including phenoxy) is 1. The number of halogens is 3. The van der Waals surface area contributed by atoms with Crippen LogP contribution in [0.3, 0.4) is 0 Å². The fourth-order valence-electron chi connectivity index (χ4n) is 2.90. The van der Waals surface area contributed by atoms with Crippen molar-refractivity contribution in [3.8, 4) is 6.07 Å². The Bertz CT molecular complexity index is 941. The first-order valence-electron chi connectivity index (χ1n) is 8.90. The number of rotatable bonds is 4. The summed E-state index contributed by atoms with van der Waals surface area (Å²) in [4.78, 5) is 14.5. The van der Waals surface area contributed by atoms with Crippen molar-refractivity contribution in [1.29, 1.82) is 5.26 Å². The van der Waals surface area contributed by atoms with E-state index in [2.05, 4.69) is 10.2 Å². The predicted octanol–water partition coefficient (Wildman–Crippen LogP) is 4.09. The van der Waals surface area contributed by atoms with Gasteiger partial charge in [0, 0.05) is 24.5 Å². The molecule has 1 N–H and O–H groups in total. The topological polar surface area (TPSA) is 65.4 Å². The molecular formula is C21H18F3N3O2. The molecule has 0 unspecified atom stereocenters. The Balaban J connectivity index is 1.71. The van der Waals surface area contributed by atoms with Gasteiger partial charge in [0.15, 0.2) is 0 Å². The van der Waals surface area contributed by atoms with E-state index in [-0.39, 0.29) is 11.1 Å². The molecule has 0 bridgehead atoms. The van der Waals surface area contributed by atoms with Crippen LogP contribution in [0.25, 0.3) is 6.08 Å². The van der Waals surface area contributed by atoms with Crippen LogP contribution < -0.4 is 10.2 Å². The molecule has 0 atom stereocenters. The van der Waals surface area contributed by atoms with Crippen LogP contribution in [0.4, 0.5) is 24.5 Å². The molecule has 0 aromatic heterocycles. The van der Waals surface area contributed by atoms with E-state index in [9.17, 15) is 23.2 Å². The van der Waals surface area contributed by atoms with Crippen molar-refractivity contribution >= 4 is 23.4 Å². The second-order valence-corrected chi connectivity index (χ2v) is 6.39. The average Bonchev–Trinajstić information content (AvgIpc) is 2.72. The number of nitriles is 1. The van der Waals surface area contributed by atoms with Crippen molar-refractivity contribution in [2.24, 2.45) is 0 Å². The monoisotopic (exact) mass is 401 g/mol. The van der Waals surface area contributed by atoms with Crippen molar-refractivity contribution in [2.75, 3.05) is 36.5 Å². The Kier molecular flexibility index (Phi) is 6.20. The summed E-state index contributed by atoms with van der Waals surface area (Å²) in [5, 5.41) is 11.9. The number of carbonyl (C=O) groups is 1. The lowest BCUT2D eigenvalue weighted by Gasteiger charge is -2.28. The van der Waals surface area contributed by atoms with Crippen molar-refractivity contribution in [2.45, 2.75) is 6.18 Å². The Morgan fingerprint density at radius 3 is 2.45 bits per heavy atom. The zero-order chi connectivity index (χ0) is 20.9. The normalized spacial score (nSPS) is 15.0. The SMILES string of the molecule is N#C/C(=C\c1cccc(C(F)(F)F)c1)C(=O)Nc1ccc(N2CCOCC2)cc1. The lowest BCUT2D eigenvalue weighted by Crippen LogP contribution is -2.36. The average molecular weight is 401 g/mol. The number of hydrogen-bond donors (Lipinski definition) is 1. The molecule has 0 radical (unpaired) electrons. The van der Waals surface area contributed by atoms with Crippen LogP contribution in [0.15, 0.2) is 54.1 Å². The van der Waals surface area contributed by atoms with Crippen LogP contribution in [-0.4, -0.2) is 32.2 Å². The van der Waals surface area contributed by atoms with Crippen molar-refractivity contribution in [3.63, 3.8) is 0 Å². The standard InChI is InChI=1S/C21H18F3N3O2/c22-21(23,24)17-3-1-2-15(13-17)12-16(14-25)20(28)26-18-4-6-19(7-5-18)27-8-10-29-11-9-27/h1-7,12-13H,8-11H2,(H,26,28)/b16-12+. The number of benzene rings is 2. The molecule has 1 heterocycles. The Morgan fingerprint density at radius 1 is 1.14 bits per heavy atom. The highest BCUT2D eigenvalue weighted by atomic mass is 19.4. The molecule has 0 spiro atoms. The smallest absolute Gasteiger partial charge is 0.378 e. The first-order chi connectivity index (χ1) is 13.9. The minimum atomic E-state index is -4.50. The molecule has 29 heavy (non-hydrogen) atoms. The third kappa shape index (κ3) is 5.36. The highest BCUT2D eigenvalue weighted by molar-refractivity contribution is 6.09. The molecule has 150 valence electrons. The van der Waals surface area contributed by atoms with Gasteiger partial charge in [0.25, 0.3) is 5.91 Å². The third-order valence-electron chi connectivity index (χ3n) is 4.39. The summed E-state index contributed by atoms with van der Waals surface area (Å²) < 4.78 is 43.8. The maximum atomic E-state index is 12.8. The lowest BCUT2D eigenvalue weighted by molar-refractivity contribution is -0.137. The first-order valence-corrected chi connectivity index (χ1v) is 8.90. The summed E-state index contributed by atoms with van der Waals surface area (Å²) in [6, 6.07) is 13.3. The Hall–Kier alpha value is -3.31. The van der Waals surface area contributed by atoms with Gasteiger partial charge in [0.1, 0.15) is 11.6 Å². The molecule has 8 heteroatoms. The largest absolute Gasteiger partial charge is 0.416 e. The molecule has 1 fully saturated rings. The quantitative estimate of drug-likeness (QED) is 0.619. The number of anilines is 2. The van der Waals surface area contributed by atoms with Crippen LogP contribution in [0.5, 0.6) is 0 Å². The number of alkyl halides is 3. The van der Waals surface area contributed by atoms with Crippen LogP contribution in [0, 0.1) is 11.3 Å². The van der Waals surface area contributed by atoms with Crippen molar-refractivity contribution < 1.29 is 22.7 Å². The zero-order valence-electron chi connectivity index (χ0n) is 15.4. The van der Waals surface area contributed by atoms with Gasteiger partial charge in [0.05, 0.1) is 18.8 Å². The summed E-state index contributed by atoms with van der Waals surface area (Å²) in [5.41, 5.74) is 0.460. The third-order valence-corrected chi connectivity index (χ3v) is 4.39. The van der Waals surface area contributed by atoms with Gasteiger partial charge in [-0.3, -0.25) is 4.79 Å². The maximum absolute atomic E-state index is 12.8. The molecule has 1 amide bonds. The minimum Gasteiger partial charge on any atom is -0.378 e. The number of amides is 1. The highest BCUT2D eigenvalue weighted by Crippen LogP contribution is 2.30. The van der Waals surface area contributed by atoms with Crippen LogP contribution >= 0.6 is 0 Å². The van der Waals surface area contributed by atoms with Crippen LogP contribution in [-0.2, 0) is 15.7 Å². The van der Waals surface area contributed by atoms with Gasteiger partial charge < -0.3 is 15.0 Å². The van der Waals surface area contributed by atoms with E-state index in [1.54, 1.807) is 18.2 Å². The molecule has 2 aromatic carbocycles. The summed E-state index contributed by atoms with van der Waals surface area (Å²) >= 11 is 0. The fraction of sp³-hybridized carbons (Fsp3) is 0.238.